The quantitative estimate of drug-likeness (QED) is 0.654. The normalized spacial score (nSPS) is 24.8. The molecule has 2 atom stereocenters. The molecule has 0 amide bonds. The lowest BCUT2D eigenvalue weighted by molar-refractivity contribution is -0.124. The van der Waals surface area contributed by atoms with Crippen molar-refractivity contribution in [2.45, 2.75) is 83.6 Å². The first-order valence-electron chi connectivity index (χ1n) is 7.54. The van der Waals surface area contributed by atoms with Gasteiger partial charge >= 0.3 is 0 Å². The second kappa shape index (κ2) is 8.68. The molecule has 2 N–H and O–H groups in total. The number of Topliss-reactive ketones (excluding diaryl/α,β-unsaturated/α-hetero) is 1. The van der Waals surface area contributed by atoms with Gasteiger partial charge in [-0.25, -0.2) is 0 Å². The molecule has 0 aromatic rings. The smallest absolute Gasteiger partial charge is 0.137 e. The van der Waals surface area contributed by atoms with E-state index in [1.54, 1.807) is 0 Å². The van der Waals surface area contributed by atoms with Crippen molar-refractivity contribution in [3.05, 3.63) is 0 Å². The summed E-state index contributed by atoms with van der Waals surface area (Å²) in [6, 6.07) is 0.149. The Morgan fingerprint density at radius 2 is 1.71 bits per heavy atom. The molecule has 2 unspecified atom stereocenters. The largest absolute Gasteiger partial charge is 0.327 e. The third-order valence-corrected chi connectivity index (χ3v) is 4.01. The Kier molecular flexibility index (Phi) is 7.50. The summed E-state index contributed by atoms with van der Waals surface area (Å²) in [4.78, 5) is 12.0. The van der Waals surface area contributed by atoms with E-state index in [1.165, 1.54) is 44.9 Å². The fraction of sp³-hybridized carbons (Fsp3) is 0.933. The molecule has 1 fully saturated rings. The Bertz CT molecular complexity index is 215. The number of rotatable bonds is 8. The van der Waals surface area contributed by atoms with Crippen LogP contribution in [-0.2, 0) is 4.79 Å². The van der Waals surface area contributed by atoms with E-state index in [0.29, 0.717) is 5.78 Å². The Morgan fingerprint density at radius 1 is 1.06 bits per heavy atom. The molecule has 0 saturated heterocycles. The predicted molar refractivity (Wildman–Crippen MR) is 72.9 cm³/mol. The number of unbranched alkanes of at least 4 members (excludes halogenated alkanes) is 5. The second-order valence-electron chi connectivity index (χ2n) is 5.54. The van der Waals surface area contributed by atoms with Gasteiger partial charge in [0.05, 0.1) is 0 Å². The Hall–Kier alpha value is -0.370. The third-order valence-electron chi connectivity index (χ3n) is 4.01. The van der Waals surface area contributed by atoms with Crippen LogP contribution >= 0.6 is 0 Å². The van der Waals surface area contributed by atoms with E-state index in [4.69, 9.17) is 5.73 Å². The zero-order valence-corrected chi connectivity index (χ0v) is 11.4. The van der Waals surface area contributed by atoms with Crippen molar-refractivity contribution >= 4 is 5.78 Å². The molecule has 0 spiro atoms. The molecule has 0 aliphatic heterocycles. The van der Waals surface area contributed by atoms with Gasteiger partial charge in [-0.15, -0.1) is 0 Å². The molecule has 1 aliphatic rings. The van der Waals surface area contributed by atoms with Crippen LogP contribution < -0.4 is 5.73 Å². The molecule has 17 heavy (non-hydrogen) atoms. The van der Waals surface area contributed by atoms with Crippen molar-refractivity contribution in [1.82, 2.24) is 0 Å². The maximum Gasteiger partial charge on any atom is 0.137 e. The van der Waals surface area contributed by atoms with E-state index in [9.17, 15) is 4.79 Å². The monoisotopic (exact) mass is 239 g/mol. The van der Waals surface area contributed by atoms with Gasteiger partial charge in [0.15, 0.2) is 0 Å². The van der Waals surface area contributed by atoms with Gasteiger partial charge in [-0.2, -0.15) is 0 Å². The first kappa shape index (κ1) is 14.7. The van der Waals surface area contributed by atoms with Gasteiger partial charge in [-0.3, -0.25) is 4.79 Å². The minimum Gasteiger partial charge on any atom is -0.327 e. The molecule has 0 bridgehead atoms. The summed E-state index contributed by atoms with van der Waals surface area (Å²) in [7, 11) is 0. The number of hydrogen-bond acceptors (Lipinski definition) is 2. The van der Waals surface area contributed by atoms with E-state index in [1.807, 2.05) is 0 Å². The van der Waals surface area contributed by atoms with Crippen LogP contribution in [0, 0.1) is 5.92 Å². The van der Waals surface area contributed by atoms with Crippen LogP contribution in [0.15, 0.2) is 0 Å². The summed E-state index contributed by atoms with van der Waals surface area (Å²) >= 11 is 0. The summed E-state index contributed by atoms with van der Waals surface area (Å²) in [5, 5.41) is 0. The third kappa shape index (κ3) is 5.67. The van der Waals surface area contributed by atoms with Crippen LogP contribution in [0.1, 0.15) is 77.6 Å². The van der Waals surface area contributed by atoms with Gasteiger partial charge in [0, 0.05) is 18.4 Å². The van der Waals surface area contributed by atoms with Crippen LogP contribution in [0.5, 0.6) is 0 Å². The highest BCUT2D eigenvalue weighted by Gasteiger charge is 2.27. The highest BCUT2D eigenvalue weighted by molar-refractivity contribution is 5.81. The van der Waals surface area contributed by atoms with E-state index in [-0.39, 0.29) is 12.0 Å². The lowest BCUT2D eigenvalue weighted by Gasteiger charge is -2.27. The molecule has 0 radical (unpaired) electrons. The van der Waals surface area contributed by atoms with Crippen molar-refractivity contribution in [3.8, 4) is 0 Å². The minimum absolute atomic E-state index is 0.149. The number of hydrogen-bond donors (Lipinski definition) is 1. The highest BCUT2D eigenvalue weighted by atomic mass is 16.1. The van der Waals surface area contributed by atoms with E-state index < -0.39 is 0 Å². The highest BCUT2D eigenvalue weighted by Crippen LogP contribution is 2.25. The lowest BCUT2D eigenvalue weighted by atomic mass is 9.81. The maximum atomic E-state index is 12.0. The van der Waals surface area contributed by atoms with Gasteiger partial charge in [0.2, 0.25) is 0 Å². The number of carbonyl (C=O) groups is 1. The number of ketones is 1. The fourth-order valence-electron chi connectivity index (χ4n) is 2.82. The Balaban J connectivity index is 2.07. The molecule has 2 heteroatoms. The van der Waals surface area contributed by atoms with Crippen LogP contribution in [-0.4, -0.2) is 11.8 Å². The van der Waals surface area contributed by atoms with Gasteiger partial charge in [0.25, 0.3) is 0 Å². The minimum atomic E-state index is 0.149. The van der Waals surface area contributed by atoms with Crippen LogP contribution in [0.4, 0.5) is 0 Å². The van der Waals surface area contributed by atoms with E-state index >= 15 is 0 Å². The maximum absolute atomic E-state index is 12.0. The summed E-state index contributed by atoms with van der Waals surface area (Å²) in [6.45, 7) is 2.23. The predicted octanol–water partition coefficient (Wildman–Crippen LogP) is 3.82. The van der Waals surface area contributed by atoms with Gasteiger partial charge in [-0.1, -0.05) is 51.9 Å². The zero-order chi connectivity index (χ0) is 12.5. The summed E-state index contributed by atoms with van der Waals surface area (Å²) in [5.74, 6) is 0.618. The van der Waals surface area contributed by atoms with Crippen molar-refractivity contribution in [2.75, 3.05) is 0 Å². The van der Waals surface area contributed by atoms with E-state index in [0.717, 1.165) is 25.7 Å². The van der Waals surface area contributed by atoms with Crippen molar-refractivity contribution in [2.24, 2.45) is 11.7 Å². The molecule has 1 saturated carbocycles. The zero-order valence-electron chi connectivity index (χ0n) is 11.4. The topological polar surface area (TPSA) is 43.1 Å². The SMILES string of the molecule is CCCCCCCCC(=O)C1CCCCC1N. The van der Waals surface area contributed by atoms with E-state index in [2.05, 4.69) is 6.92 Å². The lowest BCUT2D eigenvalue weighted by Crippen LogP contribution is -2.37. The molecule has 0 aromatic carbocycles. The molecule has 100 valence electrons. The molecule has 1 aliphatic carbocycles. The number of carbonyl (C=O) groups excluding carboxylic acids is 1. The van der Waals surface area contributed by atoms with Crippen LogP contribution in [0.2, 0.25) is 0 Å². The molecular weight excluding hydrogens is 210 g/mol. The van der Waals surface area contributed by atoms with Crippen LogP contribution in [0.25, 0.3) is 0 Å². The number of nitrogens with two attached hydrogens (primary N) is 1. The first-order valence-corrected chi connectivity index (χ1v) is 7.54. The summed E-state index contributed by atoms with van der Waals surface area (Å²) < 4.78 is 0. The summed E-state index contributed by atoms with van der Waals surface area (Å²) in [6.07, 6.45) is 12.8. The van der Waals surface area contributed by atoms with Crippen LogP contribution in [0.3, 0.4) is 0 Å². The second-order valence-corrected chi connectivity index (χ2v) is 5.54. The standard InChI is InChI=1S/C15H29NO/c1-2-3-4-5-6-7-12-15(17)13-10-8-9-11-14(13)16/h13-14H,2-12,16H2,1H3. The Morgan fingerprint density at radius 3 is 2.41 bits per heavy atom. The fourth-order valence-corrected chi connectivity index (χ4v) is 2.82. The molecule has 1 rings (SSSR count). The van der Waals surface area contributed by atoms with Crippen molar-refractivity contribution < 1.29 is 4.79 Å². The average Bonchev–Trinajstić information content (AvgIpc) is 2.34. The molecule has 2 nitrogen and oxygen atoms in total. The van der Waals surface area contributed by atoms with Crippen molar-refractivity contribution in [3.63, 3.8) is 0 Å². The Labute approximate surface area is 106 Å². The molecule has 0 aromatic heterocycles. The average molecular weight is 239 g/mol. The molecule has 0 heterocycles. The molecular formula is C15H29NO. The van der Waals surface area contributed by atoms with Crippen molar-refractivity contribution in [1.29, 1.82) is 0 Å². The summed E-state index contributed by atoms with van der Waals surface area (Å²) in [5.41, 5.74) is 6.03. The van der Waals surface area contributed by atoms with Gasteiger partial charge in [0.1, 0.15) is 5.78 Å². The first-order chi connectivity index (χ1) is 8.25. The van der Waals surface area contributed by atoms with Gasteiger partial charge in [-0.05, 0) is 19.3 Å². The van der Waals surface area contributed by atoms with Gasteiger partial charge < -0.3 is 5.73 Å².